The monoisotopic (exact) mass is 466 g/mol. The topological polar surface area (TPSA) is 65.7 Å². The van der Waals surface area contributed by atoms with Crippen LogP contribution in [0.25, 0.3) is 22.1 Å². The highest BCUT2D eigenvalue weighted by molar-refractivity contribution is 7.80. The number of rotatable bonds is 9. The van der Waals surface area contributed by atoms with Crippen molar-refractivity contribution in [3.05, 3.63) is 76.7 Å². The van der Waals surface area contributed by atoms with Gasteiger partial charge in [0.25, 0.3) is 0 Å². The van der Waals surface area contributed by atoms with E-state index in [1.807, 2.05) is 24.3 Å². The number of aryl methyl sites for hydroxylation is 2. The molecule has 2 aromatic carbocycles. The molecule has 1 aromatic heterocycles. The third-order valence-electron chi connectivity index (χ3n) is 5.46. The first-order valence-corrected chi connectivity index (χ1v) is 11.6. The Labute approximate surface area is 199 Å². The van der Waals surface area contributed by atoms with Crippen molar-refractivity contribution in [2.24, 2.45) is 0 Å². The van der Waals surface area contributed by atoms with E-state index >= 15 is 0 Å². The van der Waals surface area contributed by atoms with E-state index in [1.54, 1.807) is 19.9 Å². The molecular formula is C27H30O5S. The largest absolute Gasteiger partial charge is 0.480 e. The van der Waals surface area contributed by atoms with E-state index in [2.05, 4.69) is 45.2 Å². The maximum Gasteiger partial charge on any atom is 0.344 e. The van der Waals surface area contributed by atoms with Gasteiger partial charge in [0.05, 0.1) is 5.56 Å². The maximum absolute atomic E-state index is 12.9. The minimum absolute atomic E-state index is 0.351. The van der Waals surface area contributed by atoms with Gasteiger partial charge in [-0.05, 0) is 61.6 Å². The van der Waals surface area contributed by atoms with Crippen molar-refractivity contribution in [1.82, 2.24) is 0 Å². The molecule has 1 unspecified atom stereocenters. The Morgan fingerprint density at radius 2 is 1.82 bits per heavy atom. The first kappa shape index (κ1) is 24.6. The van der Waals surface area contributed by atoms with E-state index in [-0.39, 0.29) is 5.63 Å². The van der Waals surface area contributed by atoms with Crippen LogP contribution in [0.4, 0.5) is 0 Å². The van der Waals surface area contributed by atoms with Gasteiger partial charge in [-0.3, -0.25) is 0 Å². The van der Waals surface area contributed by atoms with E-state index < -0.39 is 17.0 Å². The second-order valence-electron chi connectivity index (χ2n) is 8.47. The Morgan fingerprint density at radius 1 is 1.15 bits per heavy atom. The number of esters is 1. The van der Waals surface area contributed by atoms with Gasteiger partial charge in [0, 0.05) is 23.9 Å². The van der Waals surface area contributed by atoms with E-state index in [4.69, 9.17) is 13.9 Å². The van der Waals surface area contributed by atoms with Crippen LogP contribution >= 0.6 is 12.6 Å². The van der Waals surface area contributed by atoms with Gasteiger partial charge in [-0.15, -0.1) is 12.6 Å². The third kappa shape index (κ3) is 5.88. The average molecular weight is 467 g/mol. The predicted octanol–water partition coefficient (Wildman–Crippen LogP) is 6.12. The van der Waals surface area contributed by atoms with Crippen LogP contribution < -0.4 is 10.4 Å². The first-order valence-electron chi connectivity index (χ1n) is 11.1. The molecule has 0 N–H and O–H groups in total. The Balaban J connectivity index is 1.89. The normalized spacial score (nSPS) is 12.4. The molecule has 0 spiro atoms. The maximum atomic E-state index is 12.9. The summed E-state index contributed by atoms with van der Waals surface area (Å²) in [6.45, 7) is 11.1. The Morgan fingerprint density at radius 3 is 2.42 bits per heavy atom. The van der Waals surface area contributed by atoms with Gasteiger partial charge in [-0.2, -0.15) is 0 Å². The summed E-state index contributed by atoms with van der Waals surface area (Å²) in [5.74, 6) is 0.00662. The molecular weight excluding hydrogens is 436 g/mol. The van der Waals surface area contributed by atoms with Gasteiger partial charge in [-0.25, -0.2) is 9.59 Å². The zero-order valence-corrected chi connectivity index (χ0v) is 20.4. The number of hydrogen-bond acceptors (Lipinski definition) is 6. The predicted molar refractivity (Wildman–Crippen MR) is 135 cm³/mol. The number of carbonyl (C=O) groups excluding carboxylic acids is 1. The summed E-state index contributed by atoms with van der Waals surface area (Å²) >= 11 is 4.48. The molecule has 0 aliphatic carbocycles. The molecule has 0 saturated heterocycles. The molecule has 0 bridgehead atoms. The molecule has 0 aliphatic heterocycles. The summed E-state index contributed by atoms with van der Waals surface area (Å²) in [6, 6.07) is 13.4. The fraction of sp³-hybridized carbons (Fsp3) is 0.333. The summed E-state index contributed by atoms with van der Waals surface area (Å²) in [5, 5.41) is 0.806. The van der Waals surface area contributed by atoms with Crippen LogP contribution in [-0.2, 0) is 22.4 Å². The second kappa shape index (κ2) is 10.3. The molecule has 5 nitrogen and oxygen atoms in total. The summed E-state index contributed by atoms with van der Waals surface area (Å²) in [6.07, 6.45) is 3.13. The molecule has 1 heterocycles. The Bertz CT molecular complexity index is 1200. The molecule has 3 rings (SSSR count). The summed E-state index contributed by atoms with van der Waals surface area (Å²) in [7, 11) is 0. The lowest BCUT2D eigenvalue weighted by Gasteiger charge is -2.27. The highest BCUT2D eigenvalue weighted by Gasteiger charge is 2.26. The third-order valence-corrected chi connectivity index (χ3v) is 5.75. The van der Waals surface area contributed by atoms with Gasteiger partial charge in [0.1, 0.15) is 22.4 Å². The Kier molecular flexibility index (Phi) is 7.69. The number of hydrogen-bond donors (Lipinski definition) is 1. The lowest BCUT2D eigenvalue weighted by atomic mass is 9.92. The lowest BCUT2D eigenvalue weighted by molar-refractivity contribution is -0.151. The molecule has 1 atom stereocenters. The average Bonchev–Trinajstić information content (AvgIpc) is 2.77. The lowest BCUT2D eigenvalue weighted by Crippen LogP contribution is -2.32. The fourth-order valence-corrected chi connectivity index (χ4v) is 4.46. The number of ether oxygens (including phenoxy) is 2. The highest BCUT2D eigenvalue weighted by atomic mass is 32.1. The van der Waals surface area contributed by atoms with Crippen molar-refractivity contribution in [1.29, 1.82) is 0 Å². The molecule has 0 amide bonds. The van der Waals surface area contributed by atoms with Crippen LogP contribution in [0.15, 0.2) is 64.3 Å². The first-order chi connectivity index (χ1) is 15.7. The number of carbonyl (C=O) groups is 1. The molecule has 33 heavy (non-hydrogen) atoms. The smallest absolute Gasteiger partial charge is 0.344 e. The number of fused-ring (bicyclic) bond motifs is 1. The van der Waals surface area contributed by atoms with Gasteiger partial charge < -0.3 is 13.9 Å². The molecule has 0 fully saturated rings. The summed E-state index contributed by atoms with van der Waals surface area (Å²) < 4.78 is 16.9. The van der Waals surface area contributed by atoms with E-state index in [1.165, 1.54) is 0 Å². The molecule has 6 heteroatoms. The van der Waals surface area contributed by atoms with Gasteiger partial charge >= 0.3 is 11.6 Å². The van der Waals surface area contributed by atoms with Crippen LogP contribution in [0.3, 0.4) is 0 Å². The minimum Gasteiger partial charge on any atom is -0.480 e. The second-order valence-corrected chi connectivity index (χ2v) is 9.04. The van der Waals surface area contributed by atoms with Gasteiger partial charge in [0.2, 0.25) is 0 Å². The molecule has 0 saturated carbocycles. The molecule has 3 aromatic rings. The van der Waals surface area contributed by atoms with Crippen LogP contribution in [0.1, 0.15) is 45.2 Å². The van der Waals surface area contributed by atoms with Gasteiger partial charge in [-0.1, -0.05) is 38.6 Å². The van der Waals surface area contributed by atoms with E-state index in [0.29, 0.717) is 23.3 Å². The minimum atomic E-state index is -0.778. The van der Waals surface area contributed by atoms with Crippen molar-refractivity contribution < 1.29 is 18.7 Å². The van der Waals surface area contributed by atoms with Crippen molar-refractivity contribution >= 4 is 29.6 Å². The van der Waals surface area contributed by atoms with Crippen molar-refractivity contribution in [3.8, 4) is 16.9 Å². The van der Waals surface area contributed by atoms with Crippen LogP contribution in [0.2, 0.25) is 0 Å². The van der Waals surface area contributed by atoms with Crippen molar-refractivity contribution in [3.63, 3.8) is 0 Å². The number of benzene rings is 2. The Hall–Kier alpha value is -2.99. The van der Waals surface area contributed by atoms with E-state index in [9.17, 15) is 9.59 Å². The SMILES string of the molecule is C=CC(=O)OC(C)(C)CC(S)Oc1ccc2cc(-c3c(CC)cccc3CC)c(=O)oc2c1. The standard InChI is InChI=1S/C27H30O5S/c1-6-17-10-9-11-18(7-2)25(17)21-14-19-12-13-20(15-22(19)31-26(21)29)30-24(33)16-27(4,5)32-23(28)8-3/h8-15,24,33H,3,6-7,16H2,1-2,4-5H3. The number of thiol groups is 1. The summed E-state index contributed by atoms with van der Waals surface area (Å²) in [4.78, 5) is 24.5. The molecule has 0 aliphatic rings. The van der Waals surface area contributed by atoms with Crippen LogP contribution in [0.5, 0.6) is 5.75 Å². The van der Waals surface area contributed by atoms with Crippen LogP contribution in [-0.4, -0.2) is 17.0 Å². The summed E-state index contributed by atoms with van der Waals surface area (Å²) in [5.41, 5.74) is 2.52. The molecule has 0 radical (unpaired) electrons. The highest BCUT2D eigenvalue weighted by Crippen LogP contribution is 2.31. The van der Waals surface area contributed by atoms with Crippen molar-refractivity contribution in [2.75, 3.05) is 0 Å². The molecule has 174 valence electrons. The van der Waals surface area contributed by atoms with Gasteiger partial charge in [0.15, 0.2) is 0 Å². The van der Waals surface area contributed by atoms with E-state index in [0.717, 1.165) is 41.0 Å². The quantitative estimate of drug-likeness (QED) is 0.135. The van der Waals surface area contributed by atoms with Crippen molar-refractivity contribution in [2.45, 2.75) is 58.0 Å². The fourth-order valence-electron chi connectivity index (χ4n) is 3.90. The zero-order chi connectivity index (χ0) is 24.2. The zero-order valence-electron chi connectivity index (χ0n) is 19.5. The van der Waals surface area contributed by atoms with Crippen LogP contribution in [0, 0.1) is 0 Å².